The first-order valence-corrected chi connectivity index (χ1v) is 10.1. The predicted molar refractivity (Wildman–Crippen MR) is 104 cm³/mol. The van der Waals surface area contributed by atoms with E-state index in [1.165, 1.54) is 19.4 Å². The molecule has 1 nitrogen and oxygen atoms in total. The Morgan fingerprint density at radius 2 is 1.12 bits per heavy atom. The lowest BCUT2D eigenvalue weighted by molar-refractivity contribution is -0.139. The Labute approximate surface area is 189 Å². The second-order valence-electron chi connectivity index (χ2n) is 7.46. The summed E-state index contributed by atoms with van der Waals surface area (Å²) in [5.74, 6) is -20.4. The van der Waals surface area contributed by atoms with Crippen LogP contribution in [-0.2, 0) is 6.18 Å². The molecule has 192 valence electrons. The van der Waals surface area contributed by atoms with E-state index in [9.17, 15) is 48.3 Å². The van der Waals surface area contributed by atoms with Gasteiger partial charge in [0.25, 0.3) is 0 Å². The molecule has 1 N–H and O–H groups in total. The molecule has 2 aromatic carbocycles. The number of nitrogens with one attached hydrogen (secondary N) is 1. The average Bonchev–Trinajstić information content (AvgIpc) is 2.76. The second-order valence-corrected chi connectivity index (χ2v) is 7.46. The molecule has 2 rings (SSSR count). The van der Waals surface area contributed by atoms with E-state index in [1.54, 1.807) is 0 Å². The van der Waals surface area contributed by atoms with Gasteiger partial charge < -0.3 is 5.32 Å². The van der Waals surface area contributed by atoms with E-state index in [-0.39, 0.29) is 0 Å². The van der Waals surface area contributed by atoms with E-state index in [0.717, 1.165) is 12.5 Å². The fourth-order valence-corrected chi connectivity index (χ4v) is 3.17. The van der Waals surface area contributed by atoms with Crippen LogP contribution in [0, 0.1) is 59.4 Å². The van der Waals surface area contributed by atoms with Crippen LogP contribution in [-0.4, -0.2) is 13.1 Å². The number of rotatable bonds is 6. The van der Waals surface area contributed by atoms with Crippen LogP contribution in [0.25, 0.3) is 11.1 Å². The number of hydrogen-bond donors (Lipinski definition) is 1. The van der Waals surface area contributed by atoms with E-state index < -0.39 is 75.0 Å². The maximum atomic E-state index is 13.8. The summed E-state index contributed by atoms with van der Waals surface area (Å²) in [4.78, 5) is 0. The number of hydrogen-bond acceptors (Lipinski definition) is 1. The summed E-state index contributed by atoms with van der Waals surface area (Å²) in [7, 11) is 0. The standard InChI is InChI=1S/C14H3F11.C8H19N/c1-2-3(4-7(16)11(20)13(22)12(21)8(4)17)5(14(23,24)25)9(18)10(19)6(2)15;1-4-6-8(3)7-9-5-2/h1H3;8-9H,4-7H2,1-3H3. The minimum Gasteiger partial charge on any atom is -0.317 e. The first-order valence-electron chi connectivity index (χ1n) is 10.1. The third-order valence-electron chi connectivity index (χ3n) is 4.83. The van der Waals surface area contributed by atoms with Gasteiger partial charge in [0.1, 0.15) is 5.56 Å². The summed E-state index contributed by atoms with van der Waals surface area (Å²) in [6.07, 6.45) is -3.17. The summed E-state index contributed by atoms with van der Waals surface area (Å²) in [5, 5.41) is 3.33. The molecule has 0 fully saturated rings. The Morgan fingerprint density at radius 1 is 0.676 bits per heavy atom. The van der Waals surface area contributed by atoms with E-state index in [4.69, 9.17) is 0 Å². The molecule has 1 unspecified atom stereocenters. The van der Waals surface area contributed by atoms with Gasteiger partial charge in [0, 0.05) is 5.56 Å². The van der Waals surface area contributed by atoms with Crippen LogP contribution < -0.4 is 5.32 Å². The van der Waals surface area contributed by atoms with Crippen LogP contribution in [0.3, 0.4) is 0 Å². The fraction of sp³-hybridized carbons (Fsp3) is 0.455. The van der Waals surface area contributed by atoms with Crippen LogP contribution in [0.5, 0.6) is 0 Å². The summed E-state index contributed by atoms with van der Waals surface area (Å²) in [6, 6.07) is 0. The van der Waals surface area contributed by atoms with Crippen molar-refractivity contribution >= 4 is 0 Å². The molecule has 12 heteroatoms. The molecule has 0 aliphatic heterocycles. The molecule has 0 radical (unpaired) electrons. The largest absolute Gasteiger partial charge is 0.419 e. The van der Waals surface area contributed by atoms with Gasteiger partial charge >= 0.3 is 6.18 Å². The van der Waals surface area contributed by atoms with Gasteiger partial charge in [-0.3, -0.25) is 0 Å². The van der Waals surface area contributed by atoms with Gasteiger partial charge in [-0.1, -0.05) is 27.2 Å². The van der Waals surface area contributed by atoms with Crippen molar-refractivity contribution in [2.75, 3.05) is 13.1 Å². The Balaban J connectivity index is 0.000000546. The Bertz CT molecular complexity index is 987. The number of alkyl halides is 3. The van der Waals surface area contributed by atoms with Crippen LogP contribution in [0.2, 0.25) is 0 Å². The zero-order valence-electron chi connectivity index (χ0n) is 18.6. The van der Waals surface area contributed by atoms with Gasteiger partial charge in [-0.2, -0.15) is 13.2 Å². The molecular formula is C22H22F11N. The van der Waals surface area contributed by atoms with E-state index in [1.807, 2.05) is 0 Å². The molecule has 34 heavy (non-hydrogen) atoms. The predicted octanol–water partition coefficient (Wildman–Crippen LogP) is 7.83. The van der Waals surface area contributed by atoms with Crippen molar-refractivity contribution in [3.05, 3.63) is 57.7 Å². The van der Waals surface area contributed by atoms with Crippen LogP contribution >= 0.6 is 0 Å². The lowest BCUT2D eigenvalue weighted by atomic mass is 9.92. The topological polar surface area (TPSA) is 12.0 Å². The molecule has 0 saturated carbocycles. The molecule has 2 aromatic rings. The maximum absolute atomic E-state index is 13.8. The van der Waals surface area contributed by atoms with Crippen LogP contribution in [0.1, 0.15) is 44.7 Å². The first kappa shape index (κ1) is 29.7. The minimum atomic E-state index is -5.83. The van der Waals surface area contributed by atoms with Crippen LogP contribution in [0.4, 0.5) is 48.3 Å². The molecule has 0 saturated heterocycles. The second kappa shape index (κ2) is 11.9. The van der Waals surface area contributed by atoms with Crippen molar-refractivity contribution < 1.29 is 48.3 Å². The Kier molecular flexibility index (Phi) is 10.3. The summed E-state index contributed by atoms with van der Waals surface area (Å²) < 4.78 is 146. The SMILES string of the molecule is CCCC(C)CNCC.Cc1c(F)c(F)c(F)c(C(F)(F)F)c1-c1c(F)c(F)c(F)c(F)c1F. The van der Waals surface area contributed by atoms with Gasteiger partial charge in [0.05, 0.1) is 5.56 Å². The van der Waals surface area contributed by atoms with Crippen molar-refractivity contribution in [2.24, 2.45) is 5.92 Å². The lowest BCUT2D eigenvalue weighted by Crippen LogP contribution is -2.20. The van der Waals surface area contributed by atoms with Gasteiger partial charge in [-0.15, -0.1) is 0 Å². The average molecular weight is 509 g/mol. The monoisotopic (exact) mass is 509 g/mol. The third-order valence-corrected chi connectivity index (χ3v) is 4.83. The summed E-state index contributed by atoms with van der Waals surface area (Å²) in [6.45, 7) is 9.34. The van der Waals surface area contributed by atoms with Crippen molar-refractivity contribution in [1.82, 2.24) is 5.32 Å². The highest BCUT2D eigenvalue weighted by Crippen LogP contribution is 2.45. The highest BCUT2D eigenvalue weighted by molar-refractivity contribution is 5.73. The molecular weight excluding hydrogens is 487 g/mol. The van der Waals surface area contributed by atoms with Crippen molar-refractivity contribution in [3.63, 3.8) is 0 Å². The smallest absolute Gasteiger partial charge is 0.317 e. The molecule has 0 aromatic heterocycles. The maximum Gasteiger partial charge on any atom is 0.419 e. The fourth-order valence-electron chi connectivity index (χ4n) is 3.17. The Morgan fingerprint density at radius 3 is 1.53 bits per heavy atom. The van der Waals surface area contributed by atoms with E-state index in [0.29, 0.717) is 6.92 Å². The molecule has 0 heterocycles. The summed E-state index contributed by atoms with van der Waals surface area (Å²) in [5.41, 5.74) is -8.45. The van der Waals surface area contributed by atoms with Gasteiger partial charge in [-0.25, -0.2) is 35.1 Å². The van der Waals surface area contributed by atoms with Crippen LogP contribution in [0.15, 0.2) is 0 Å². The van der Waals surface area contributed by atoms with Gasteiger partial charge in [0.15, 0.2) is 40.7 Å². The third kappa shape index (κ3) is 6.19. The Hall–Kier alpha value is -2.37. The van der Waals surface area contributed by atoms with Crippen molar-refractivity contribution in [2.45, 2.75) is 46.7 Å². The number of benzene rings is 2. The molecule has 0 aliphatic rings. The van der Waals surface area contributed by atoms with E-state index >= 15 is 0 Å². The number of halogens is 11. The molecule has 0 aliphatic carbocycles. The molecule has 0 spiro atoms. The quantitative estimate of drug-likeness (QED) is 0.238. The highest BCUT2D eigenvalue weighted by atomic mass is 19.4. The van der Waals surface area contributed by atoms with Crippen molar-refractivity contribution in [1.29, 1.82) is 0 Å². The lowest BCUT2D eigenvalue weighted by Gasteiger charge is -2.19. The van der Waals surface area contributed by atoms with Crippen molar-refractivity contribution in [3.8, 4) is 11.1 Å². The highest BCUT2D eigenvalue weighted by Gasteiger charge is 2.43. The van der Waals surface area contributed by atoms with Gasteiger partial charge in [-0.05, 0) is 37.9 Å². The molecule has 0 amide bonds. The zero-order valence-corrected chi connectivity index (χ0v) is 18.6. The molecule has 0 bridgehead atoms. The molecule has 1 atom stereocenters. The van der Waals surface area contributed by atoms with Gasteiger partial charge in [0.2, 0.25) is 5.82 Å². The van der Waals surface area contributed by atoms with E-state index in [2.05, 4.69) is 26.1 Å². The minimum absolute atomic E-state index is 0.362. The summed E-state index contributed by atoms with van der Waals surface area (Å²) >= 11 is 0. The first-order chi connectivity index (χ1) is 15.6. The zero-order chi connectivity index (χ0) is 26.5. The normalized spacial score (nSPS) is 12.4.